The number of hydrogen-bond donors (Lipinski definition) is 1. The predicted octanol–water partition coefficient (Wildman–Crippen LogP) is 1.60. The third-order valence-electron chi connectivity index (χ3n) is 3.05. The van der Waals surface area contributed by atoms with Crippen LogP contribution in [0.15, 0.2) is 12.1 Å². The van der Waals surface area contributed by atoms with Gasteiger partial charge < -0.3 is 19.7 Å². The standard InChI is InChI=1S/C15H27N3O2/c1-13-10-14(12-16-2)11-15(17-13)18(7-9-20-4)6-5-8-19-3/h10-11,16H,5-9,12H2,1-4H3. The van der Waals surface area contributed by atoms with Gasteiger partial charge >= 0.3 is 0 Å². The van der Waals surface area contributed by atoms with E-state index in [0.717, 1.165) is 44.2 Å². The number of nitrogens with one attached hydrogen (secondary N) is 1. The first-order valence-electron chi connectivity index (χ1n) is 7.06. The fourth-order valence-electron chi connectivity index (χ4n) is 2.13. The van der Waals surface area contributed by atoms with Crippen LogP contribution in [0, 0.1) is 6.92 Å². The Kier molecular flexibility index (Phi) is 8.18. The monoisotopic (exact) mass is 281 g/mol. The number of aromatic nitrogens is 1. The van der Waals surface area contributed by atoms with Gasteiger partial charge in [0.2, 0.25) is 0 Å². The van der Waals surface area contributed by atoms with Gasteiger partial charge in [0.25, 0.3) is 0 Å². The van der Waals surface area contributed by atoms with Gasteiger partial charge in [-0.05, 0) is 38.1 Å². The van der Waals surface area contributed by atoms with E-state index in [-0.39, 0.29) is 0 Å². The molecule has 0 aliphatic heterocycles. The van der Waals surface area contributed by atoms with Crippen LogP contribution in [-0.2, 0) is 16.0 Å². The van der Waals surface area contributed by atoms with Crippen LogP contribution in [0.4, 0.5) is 5.82 Å². The van der Waals surface area contributed by atoms with Crippen molar-refractivity contribution < 1.29 is 9.47 Å². The summed E-state index contributed by atoms with van der Waals surface area (Å²) in [6.07, 6.45) is 0.983. The lowest BCUT2D eigenvalue weighted by atomic mass is 10.2. The van der Waals surface area contributed by atoms with E-state index in [1.54, 1.807) is 14.2 Å². The van der Waals surface area contributed by atoms with Gasteiger partial charge in [0, 0.05) is 46.2 Å². The quantitative estimate of drug-likeness (QED) is 0.660. The van der Waals surface area contributed by atoms with E-state index < -0.39 is 0 Å². The number of aryl methyl sites for hydroxylation is 1. The maximum Gasteiger partial charge on any atom is 0.129 e. The Balaban J connectivity index is 2.81. The lowest BCUT2D eigenvalue weighted by Crippen LogP contribution is -2.30. The van der Waals surface area contributed by atoms with Crippen molar-refractivity contribution in [3.8, 4) is 0 Å². The van der Waals surface area contributed by atoms with Crippen LogP contribution in [0.3, 0.4) is 0 Å². The number of hydrogen-bond acceptors (Lipinski definition) is 5. The number of ether oxygens (including phenoxy) is 2. The molecule has 5 heteroatoms. The highest BCUT2D eigenvalue weighted by molar-refractivity contribution is 5.42. The smallest absolute Gasteiger partial charge is 0.129 e. The van der Waals surface area contributed by atoms with Crippen LogP contribution in [0.25, 0.3) is 0 Å². The normalized spacial score (nSPS) is 10.8. The summed E-state index contributed by atoms with van der Waals surface area (Å²) in [7, 11) is 5.41. The maximum absolute atomic E-state index is 5.20. The first-order valence-corrected chi connectivity index (χ1v) is 7.06. The third kappa shape index (κ3) is 5.86. The summed E-state index contributed by atoms with van der Waals surface area (Å²) in [5, 5.41) is 3.18. The summed E-state index contributed by atoms with van der Waals surface area (Å²) < 4.78 is 10.3. The fourth-order valence-corrected chi connectivity index (χ4v) is 2.13. The zero-order chi connectivity index (χ0) is 14.8. The molecule has 1 rings (SSSR count). The van der Waals surface area contributed by atoms with Crippen molar-refractivity contribution >= 4 is 5.82 Å². The lowest BCUT2D eigenvalue weighted by Gasteiger charge is -2.24. The largest absolute Gasteiger partial charge is 0.385 e. The SMILES string of the molecule is CNCc1cc(C)nc(N(CCCOC)CCOC)c1. The molecule has 114 valence electrons. The molecule has 0 amide bonds. The molecule has 0 aliphatic carbocycles. The Morgan fingerprint density at radius 2 is 1.90 bits per heavy atom. The molecule has 1 heterocycles. The molecule has 1 N–H and O–H groups in total. The highest BCUT2D eigenvalue weighted by Crippen LogP contribution is 2.15. The summed E-state index contributed by atoms with van der Waals surface area (Å²) >= 11 is 0. The molecule has 0 saturated carbocycles. The number of anilines is 1. The third-order valence-corrected chi connectivity index (χ3v) is 3.05. The second-order valence-corrected chi connectivity index (χ2v) is 4.83. The van der Waals surface area contributed by atoms with Gasteiger partial charge in [-0.2, -0.15) is 0 Å². The van der Waals surface area contributed by atoms with Crippen molar-refractivity contribution in [3.63, 3.8) is 0 Å². The van der Waals surface area contributed by atoms with Crippen LogP contribution < -0.4 is 10.2 Å². The number of pyridine rings is 1. The molecule has 0 spiro atoms. The molecular weight excluding hydrogens is 254 g/mol. The maximum atomic E-state index is 5.20. The van der Waals surface area contributed by atoms with Crippen molar-refractivity contribution in [1.29, 1.82) is 0 Å². The summed E-state index contributed by atoms with van der Waals surface area (Å²) in [4.78, 5) is 6.91. The van der Waals surface area contributed by atoms with Crippen molar-refractivity contribution in [2.45, 2.75) is 19.9 Å². The van der Waals surface area contributed by atoms with E-state index in [0.29, 0.717) is 6.61 Å². The van der Waals surface area contributed by atoms with Gasteiger partial charge in [-0.15, -0.1) is 0 Å². The molecule has 20 heavy (non-hydrogen) atoms. The second-order valence-electron chi connectivity index (χ2n) is 4.83. The van der Waals surface area contributed by atoms with E-state index >= 15 is 0 Å². The van der Waals surface area contributed by atoms with Crippen LogP contribution >= 0.6 is 0 Å². The number of nitrogens with zero attached hydrogens (tertiary/aromatic N) is 2. The van der Waals surface area contributed by atoms with Crippen molar-refractivity contribution in [1.82, 2.24) is 10.3 Å². The minimum Gasteiger partial charge on any atom is -0.385 e. The summed E-state index contributed by atoms with van der Waals surface area (Å²) in [6.45, 7) is 6.11. The zero-order valence-electron chi connectivity index (χ0n) is 13.1. The molecule has 1 aromatic heterocycles. The van der Waals surface area contributed by atoms with Crippen LogP contribution in [0.2, 0.25) is 0 Å². The molecule has 0 saturated heterocycles. The average molecular weight is 281 g/mol. The van der Waals surface area contributed by atoms with E-state index in [9.17, 15) is 0 Å². The zero-order valence-corrected chi connectivity index (χ0v) is 13.1. The van der Waals surface area contributed by atoms with Gasteiger partial charge in [0.15, 0.2) is 0 Å². The number of methoxy groups -OCH3 is 2. The average Bonchev–Trinajstić information content (AvgIpc) is 2.42. The van der Waals surface area contributed by atoms with E-state index in [1.165, 1.54) is 5.56 Å². The molecule has 0 unspecified atom stereocenters. The van der Waals surface area contributed by atoms with Crippen LogP contribution in [0.5, 0.6) is 0 Å². The topological polar surface area (TPSA) is 46.6 Å². The highest BCUT2D eigenvalue weighted by atomic mass is 16.5. The molecule has 0 fully saturated rings. The Hall–Kier alpha value is -1.17. The lowest BCUT2D eigenvalue weighted by molar-refractivity contribution is 0.191. The summed E-state index contributed by atoms with van der Waals surface area (Å²) in [5.41, 5.74) is 2.30. The van der Waals surface area contributed by atoms with E-state index in [2.05, 4.69) is 27.3 Å². The molecule has 0 atom stereocenters. The molecule has 0 bridgehead atoms. The second kappa shape index (κ2) is 9.69. The fraction of sp³-hybridized carbons (Fsp3) is 0.667. The van der Waals surface area contributed by atoms with Gasteiger partial charge in [0.1, 0.15) is 5.82 Å². The minimum absolute atomic E-state index is 0.698. The van der Waals surface area contributed by atoms with Gasteiger partial charge in [-0.25, -0.2) is 4.98 Å². The molecule has 0 aliphatic rings. The highest BCUT2D eigenvalue weighted by Gasteiger charge is 2.09. The van der Waals surface area contributed by atoms with Crippen molar-refractivity contribution in [3.05, 3.63) is 23.4 Å². The van der Waals surface area contributed by atoms with E-state index in [1.807, 2.05) is 14.0 Å². The molecule has 0 radical (unpaired) electrons. The van der Waals surface area contributed by atoms with Crippen LogP contribution in [0.1, 0.15) is 17.7 Å². The molecule has 0 aromatic carbocycles. The van der Waals surface area contributed by atoms with Gasteiger partial charge in [-0.3, -0.25) is 0 Å². The van der Waals surface area contributed by atoms with Crippen molar-refractivity contribution in [2.24, 2.45) is 0 Å². The minimum atomic E-state index is 0.698. The summed E-state index contributed by atoms with van der Waals surface area (Å²) in [6, 6.07) is 4.26. The summed E-state index contributed by atoms with van der Waals surface area (Å²) in [5.74, 6) is 1.02. The van der Waals surface area contributed by atoms with Crippen molar-refractivity contribution in [2.75, 3.05) is 52.5 Å². The first kappa shape index (κ1) is 16.9. The number of rotatable bonds is 10. The van der Waals surface area contributed by atoms with E-state index in [4.69, 9.17) is 9.47 Å². The predicted molar refractivity (Wildman–Crippen MR) is 82.3 cm³/mol. The molecule has 1 aromatic rings. The van der Waals surface area contributed by atoms with Gasteiger partial charge in [-0.1, -0.05) is 0 Å². The Labute approximate surface area is 122 Å². The molecule has 5 nitrogen and oxygen atoms in total. The Bertz CT molecular complexity index is 385. The van der Waals surface area contributed by atoms with Gasteiger partial charge in [0.05, 0.1) is 6.61 Å². The van der Waals surface area contributed by atoms with Crippen LogP contribution in [-0.4, -0.2) is 52.6 Å². The molecular formula is C15H27N3O2. The first-order chi connectivity index (χ1) is 9.71. The Morgan fingerprint density at radius 3 is 2.55 bits per heavy atom. The Morgan fingerprint density at radius 1 is 1.15 bits per heavy atom.